The zero-order valence-electron chi connectivity index (χ0n) is 39.8. The molecule has 0 saturated carbocycles. The molecule has 3 aliphatic heterocycles. The molecule has 2 aromatic heterocycles. The van der Waals surface area contributed by atoms with Crippen LogP contribution in [0.15, 0.2) is 53.3 Å². The molecule has 4 aromatic rings. The summed E-state index contributed by atoms with van der Waals surface area (Å²) in [6, 6.07) is 13.8. The number of para-hydroxylation sites is 1. The fourth-order valence-corrected chi connectivity index (χ4v) is 9.45. The molecule has 6 amide bonds. The number of pyridine rings is 1. The van der Waals surface area contributed by atoms with Crippen LogP contribution in [0.4, 0.5) is 5.69 Å². The lowest BCUT2D eigenvalue weighted by Crippen LogP contribution is -2.54. The second-order valence-electron chi connectivity index (χ2n) is 17.5. The number of carbonyl (C=O) groups is 6. The highest BCUT2D eigenvalue weighted by atomic mass is 16.6. The molecule has 19 nitrogen and oxygen atoms in total. The number of nitrogens with zero attached hydrogens (tertiary/aromatic N) is 3. The minimum absolute atomic E-state index is 0.0174. The second kappa shape index (κ2) is 23.9. The number of benzene rings is 2. The molecule has 370 valence electrons. The molecule has 5 heterocycles. The predicted octanol–water partition coefficient (Wildman–Crippen LogP) is 3.58. The Morgan fingerprint density at radius 3 is 2.10 bits per heavy atom. The first kappa shape index (κ1) is 50.6. The Balaban J connectivity index is 0.704. The summed E-state index contributed by atoms with van der Waals surface area (Å²) in [6.07, 6.45) is 1.79. The lowest BCUT2D eigenvalue weighted by Gasteiger charge is -2.36. The van der Waals surface area contributed by atoms with Gasteiger partial charge in [0.1, 0.15) is 12.6 Å². The van der Waals surface area contributed by atoms with E-state index >= 15 is 0 Å². The average molecular weight is 954 g/mol. The molecule has 2 fully saturated rings. The van der Waals surface area contributed by atoms with Crippen molar-refractivity contribution in [1.82, 2.24) is 30.0 Å². The fourth-order valence-electron chi connectivity index (χ4n) is 9.45. The van der Waals surface area contributed by atoms with Gasteiger partial charge in [0.25, 0.3) is 23.3 Å². The van der Waals surface area contributed by atoms with Crippen LogP contribution in [0.2, 0.25) is 0 Å². The van der Waals surface area contributed by atoms with E-state index < -0.39 is 29.7 Å². The quantitative estimate of drug-likeness (QED) is 0.0583. The summed E-state index contributed by atoms with van der Waals surface area (Å²) in [4.78, 5) is 95.1. The number of hydrogen-bond acceptors (Lipinski definition) is 13. The van der Waals surface area contributed by atoms with E-state index in [0.29, 0.717) is 95.2 Å². The molecule has 2 atom stereocenters. The number of H-pyrrole nitrogens is 1. The van der Waals surface area contributed by atoms with Gasteiger partial charge in [-0.3, -0.25) is 43.8 Å². The largest absolute Gasteiger partial charge is 0.382 e. The number of ether oxygens (including phenoxy) is 5. The monoisotopic (exact) mass is 953 g/mol. The van der Waals surface area contributed by atoms with Gasteiger partial charge < -0.3 is 48.8 Å². The Hall–Kier alpha value is -6.25. The molecule has 19 heteroatoms. The van der Waals surface area contributed by atoms with Gasteiger partial charge in [-0.15, -0.1) is 0 Å². The Bertz CT molecular complexity index is 2580. The molecule has 2 saturated heterocycles. The van der Waals surface area contributed by atoms with Gasteiger partial charge in [0, 0.05) is 72.2 Å². The van der Waals surface area contributed by atoms with E-state index in [1.54, 1.807) is 18.2 Å². The van der Waals surface area contributed by atoms with E-state index in [2.05, 4.69) is 32.4 Å². The Kier molecular flexibility index (Phi) is 17.5. The number of nitrogens with one attached hydrogen (secondary N) is 4. The van der Waals surface area contributed by atoms with Crippen molar-refractivity contribution < 1.29 is 52.5 Å². The van der Waals surface area contributed by atoms with Crippen molar-refractivity contribution in [2.45, 2.75) is 72.0 Å². The fraction of sp³-hybridized carbons (Fsp3) is 0.500. The molecule has 4 N–H and O–H groups in total. The van der Waals surface area contributed by atoms with E-state index in [4.69, 9.17) is 23.7 Å². The van der Waals surface area contributed by atoms with E-state index in [-0.39, 0.29) is 67.1 Å². The highest BCUT2D eigenvalue weighted by Crippen LogP contribution is 2.36. The summed E-state index contributed by atoms with van der Waals surface area (Å²) in [5, 5.41) is 9.19. The van der Waals surface area contributed by atoms with Gasteiger partial charge in [0.15, 0.2) is 0 Å². The Labute approximate surface area is 400 Å². The molecule has 0 radical (unpaired) electrons. The average Bonchev–Trinajstić information content (AvgIpc) is 3.77. The maximum Gasteiger partial charge on any atom is 0.264 e. The lowest BCUT2D eigenvalue weighted by atomic mass is 9.90. The summed E-state index contributed by atoms with van der Waals surface area (Å²) in [5.74, 6) is -2.19. The first-order valence-corrected chi connectivity index (χ1v) is 23.7. The number of anilines is 1. The third-order valence-electron chi connectivity index (χ3n) is 13.0. The number of fused-ring (bicyclic) bond motifs is 2. The van der Waals surface area contributed by atoms with Crippen LogP contribution in [0.3, 0.4) is 0 Å². The van der Waals surface area contributed by atoms with Gasteiger partial charge in [0.05, 0.1) is 76.2 Å². The van der Waals surface area contributed by atoms with Crippen molar-refractivity contribution in [3.8, 4) is 0 Å². The van der Waals surface area contributed by atoms with Crippen molar-refractivity contribution in [3.63, 3.8) is 0 Å². The molecular formula is C50H63N7O12. The highest BCUT2D eigenvalue weighted by Gasteiger charge is 2.45. The molecule has 2 aromatic carbocycles. The standard InChI is InChI=1S/C50H63N7O12/c1-31-28-32(2)53-46(60)38(31)29-52-48(62)44-34(4)56(40-11-6-5-8-36(40)44)33(3)35-14-17-55(18-15-35)43(59)30-69-27-26-68-25-24-67-23-22-66-21-20-65-19-16-51-39-10-7-9-37-45(39)50(64)57(49(37)63)41-12-13-42(58)54-47(41)61/h5-11,28,33,35,41,51H,12-27,29-30H2,1-4H3,(H,52,62)(H,53,60)(H,54,58,61). The number of hydrogen-bond donors (Lipinski definition) is 4. The first-order chi connectivity index (χ1) is 33.3. The third-order valence-corrected chi connectivity index (χ3v) is 13.0. The number of carbonyl (C=O) groups excluding carboxylic acids is 6. The maximum atomic E-state index is 13.7. The normalized spacial score (nSPS) is 16.8. The first-order valence-electron chi connectivity index (χ1n) is 23.7. The summed E-state index contributed by atoms with van der Waals surface area (Å²) in [5.41, 5.74) is 5.27. The summed E-state index contributed by atoms with van der Waals surface area (Å²) in [6.45, 7) is 12.7. The Morgan fingerprint density at radius 1 is 0.783 bits per heavy atom. The molecule has 2 unspecified atom stereocenters. The summed E-state index contributed by atoms with van der Waals surface area (Å²) in [7, 11) is 0. The number of aryl methyl sites for hydroxylation is 2. The van der Waals surface area contributed by atoms with Gasteiger partial charge in [-0.1, -0.05) is 24.3 Å². The van der Waals surface area contributed by atoms with Crippen LogP contribution in [0, 0.1) is 26.7 Å². The number of rotatable bonds is 24. The van der Waals surface area contributed by atoms with Gasteiger partial charge in [-0.05, 0) is 82.7 Å². The number of amides is 6. The molecule has 69 heavy (non-hydrogen) atoms. The van der Waals surface area contributed by atoms with Crippen molar-refractivity contribution >= 4 is 52.0 Å². The molecule has 0 bridgehead atoms. The molecule has 7 rings (SSSR count). The van der Waals surface area contributed by atoms with Crippen molar-refractivity contribution in [2.75, 3.05) is 91.0 Å². The van der Waals surface area contributed by atoms with E-state index in [1.807, 2.05) is 56.0 Å². The smallest absolute Gasteiger partial charge is 0.264 e. The van der Waals surface area contributed by atoms with E-state index in [0.717, 1.165) is 45.6 Å². The minimum Gasteiger partial charge on any atom is -0.382 e. The van der Waals surface area contributed by atoms with Crippen LogP contribution in [0.25, 0.3) is 10.9 Å². The predicted molar refractivity (Wildman–Crippen MR) is 254 cm³/mol. The lowest BCUT2D eigenvalue weighted by molar-refractivity contribution is -0.138. The van der Waals surface area contributed by atoms with Crippen LogP contribution < -0.4 is 21.5 Å². The van der Waals surface area contributed by atoms with Crippen LogP contribution in [-0.2, 0) is 44.6 Å². The summed E-state index contributed by atoms with van der Waals surface area (Å²) < 4.78 is 30.2. The Morgan fingerprint density at radius 2 is 1.43 bits per heavy atom. The van der Waals surface area contributed by atoms with Crippen LogP contribution in [-0.4, -0.2) is 147 Å². The second-order valence-corrected chi connectivity index (χ2v) is 17.5. The minimum atomic E-state index is -1.03. The molecule has 0 aliphatic carbocycles. The highest BCUT2D eigenvalue weighted by molar-refractivity contribution is 6.25. The van der Waals surface area contributed by atoms with Crippen molar-refractivity contribution in [3.05, 3.63) is 98.1 Å². The number of likely N-dealkylation sites (tertiary alicyclic amines) is 1. The maximum absolute atomic E-state index is 13.7. The topological polar surface area (TPSA) is 229 Å². The zero-order chi connectivity index (χ0) is 49.0. The van der Waals surface area contributed by atoms with Gasteiger partial charge in [0.2, 0.25) is 17.7 Å². The van der Waals surface area contributed by atoms with Crippen LogP contribution >= 0.6 is 0 Å². The van der Waals surface area contributed by atoms with Crippen molar-refractivity contribution in [2.24, 2.45) is 5.92 Å². The zero-order valence-corrected chi connectivity index (χ0v) is 39.8. The third kappa shape index (κ3) is 12.1. The van der Waals surface area contributed by atoms with Gasteiger partial charge >= 0.3 is 0 Å². The van der Waals surface area contributed by atoms with E-state index in [9.17, 15) is 33.6 Å². The molecular weight excluding hydrogens is 891 g/mol. The molecule has 3 aliphatic rings. The van der Waals surface area contributed by atoms with Gasteiger partial charge in [-0.25, -0.2) is 0 Å². The molecule has 0 spiro atoms. The van der Waals surface area contributed by atoms with Crippen molar-refractivity contribution in [1.29, 1.82) is 0 Å². The van der Waals surface area contributed by atoms with Gasteiger partial charge in [-0.2, -0.15) is 0 Å². The summed E-state index contributed by atoms with van der Waals surface area (Å²) >= 11 is 0. The number of imide groups is 2. The number of aromatic amines is 1. The SMILES string of the molecule is Cc1cc(C)c(CNC(=O)c2c(C)n(C(C)C3CCN(C(=O)COCCOCCOCCOCCOCCNc4cccc5c4C(=O)N(C4CCC(=O)NC4=O)C5=O)CC3)c3ccccc23)c(=O)[nH]1. The van der Waals surface area contributed by atoms with E-state index in [1.165, 1.54) is 0 Å². The number of aromatic nitrogens is 2. The van der Waals surface area contributed by atoms with Crippen LogP contribution in [0.1, 0.15) is 92.2 Å². The van der Waals surface area contributed by atoms with Crippen LogP contribution in [0.5, 0.6) is 0 Å². The number of piperidine rings is 2.